The molecule has 19 heavy (non-hydrogen) atoms. The van der Waals surface area contributed by atoms with E-state index in [1.54, 1.807) is 20.0 Å². The Morgan fingerprint density at radius 3 is 2.16 bits per heavy atom. The molecule has 0 nitrogen and oxygen atoms in total. The van der Waals surface area contributed by atoms with Gasteiger partial charge in [-0.3, -0.25) is 0 Å². The third kappa shape index (κ3) is 1.82. The van der Waals surface area contributed by atoms with Crippen molar-refractivity contribution in [1.82, 2.24) is 0 Å². The second-order valence-electron chi connectivity index (χ2n) is 5.51. The van der Waals surface area contributed by atoms with Crippen molar-refractivity contribution in [3.05, 3.63) is 77.4 Å². The van der Waals surface area contributed by atoms with Crippen molar-refractivity contribution < 1.29 is 23.2 Å². The van der Waals surface area contributed by atoms with Gasteiger partial charge in [0.25, 0.3) is 0 Å². The van der Waals surface area contributed by atoms with E-state index in [-0.39, 0.29) is 0 Å². The Bertz CT molecular complexity index is 586. The van der Waals surface area contributed by atoms with Crippen LogP contribution in [0.2, 0.25) is 3.12 Å². The van der Waals surface area contributed by atoms with Crippen LogP contribution in [0.15, 0.2) is 71.9 Å². The average molecular weight is 324 g/mol. The van der Waals surface area contributed by atoms with Crippen LogP contribution in [0.3, 0.4) is 0 Å². The number of hydrogen-bond donors (Lipinski definition) is 0. The Hall–Kier alpha value is -0.937. The van der Waals surface area contributed by atoms with E-state index in [1.165, 1.54) is 19.3 Å². The van der Waals surface area contributed by atoms with Crippen LogP contribution >= 0.6 is 0 Å². The topological polar surface area (TPSA) is 0 Å². The zero-order chi connectivity index (χ0) is 12.7. The first-order valence-electron chi connectivity index (χ1n) is 6.97. The summed E-state index contributed by atoms with van der Waals surface area (Å²) in [6.07, 6.45) is 17.5. The fraction of sp³-hybridized carbons (Fsp3) is 0.222. The summed E-state index contributed by atoms with van der Waals surface area (Å²) < 4.78 is 2.15. The average Bonchev–Trinajstić information content (AvgIpc) is 3.18. The maximum atomic E-state index is 2.39. The van der Waals surface area contributed by atoms with Crippen LogP contribution in [0.1, 0.15) is 18.4 Å². The molecule has 1 heteroatoms. The summed E-state index contributed by atoms with van der Waals surface area (Å²) in [5.41, 5.74) is 4.99. The third-order valence-corrected chi connectivity index (χ3v) is 9.38. The van der Waals surface area contributed by atoms with Gasteiger partial charge < -0.3 is 0 Å². The Labute approximate surface area is 126 Å². The predicted octanol–water partition coefficient (Wildman–Crippen LogP) is 3.88. The fourth-order valence-corrected chi connectivity index (χ4v) is 8.25. The zero-order valence-electron chi connectivity index (χ0n) is 10.9. The summed E-state index contributed by atoms with van der Waals surface area (Å²) in [7, 11) is 0. The summed E-state index contributed by atoms with van der Waals surface area (Å²) in [5, 5.41) is 0. The first kappa shape index (κ1) is 11.9. The molecule has 1 aromatic carbocycles. The first-order chi connectivity index (χ1) is 9.38. The molecule has 0 radical (unpaired) electrons. The van der Waals surface area contributed by atoms with Gasteiger partial charge in [-0.25, -0.2) is 0 Å². The Balaban J connectivity index is 1.80. The fourth-order valence-electron chi connectivity index (χ4n) is 3.48. The molecule has 1 aliphatic heterocycles. The number of hydrogen-bond acceptors (Lipinski definition) is 0. The van der Waals surface area contributed by atoms with Crippen molar-refractivity contribution in [2.24, 2.45) is 0 Å². The van der Waals surface area contributed by atoms with E-state index in [9.17, 15) is 0 Å². The number of rotatable bonds is 2. The molecular weight excluding hydrogens is 307 g/mol. The minimum atomic E-state index is -0.604. The molecular formula is C18H16Zr. The minimum absolute atomic E-state index is 0.431. The van der Waals surface area contributed by atoms with Crippen LogP contribution in [0.5, 0.6) is 0 Å². The molecule has 1 aromatic rings. The summed E-state index contributed by atoms with van der Waals surface area (Å²) >= 11 is -0.604. The van der Waals surface area contributed by atoms with Crippen molar-refractivity contribution >= 4 is 3.27 Å². The number of benzene rings is 1. The molecule has 0 atom stereocenters. The number of fused-ring (bicyclic) bond motifs is 1. The van der Waals surface area contributed by atoms with E-state index in [4.69, 9.17) is 0 Å². The van der Waals surface area contributed by atoms with Crippen molar-refractivity contribution in [2.75, 3.05) is 0 Å². The normalized spacial score (nSPS) is 22.1. The van der Waals surface area contributed by atoms with E-state index in [1.807, 2.05) is 0 Å². The van der Waals surface area contributed by atoms with Gasteiger partial charge in [0.2, 0.25) is 0 Å². The molecule has 0 amide bonds. The van der Waals surface area contributed by atoms with E-state index >= 15 is 0 Å². The van der Waals surface area contributed by atoms with Crippen LogP contribution in [-0.2, 0) is 29.7 Å². The molecule has 0 aromatic heterocycles. The van der Waals surface area contributed by atoms with Crippen LogP contribution in [0.25, 0.3) is 0 Å². The Kier molecular flexibility index (Phi) is 2.85. The molecule has 4 rings (SSSR count). The quantitative estimate of drug-likeness (QED) is 0.775. The van der Waals surface area contributed by atoms with Gasteiger partial charge in [-0.05, 0) is 0 Å². The number of allylic oxidation sites excluding steroid dienone is 8. The first-order valence-corrected chi connectivity index (χ1v) is 9.43. The van der Waals surface area contributed by atoms with Crippen LogP contribution < -0.4 is 3.27 Å². The molecule has 3 aliphatic rings. The van der Waals surface area contributed by atoms with E-state index in [0.717, 1.165) is 0 Å². The molecule has 0 N–H and O–H groups in total. The van der Waals surface area contributed by atoms with Crippen molar-refractivity contribution in [3.8, 4) is 0 Å². The molecule has 0 fully saturated rings. The SMILES string of the molecule is C1=CCC([C]2(C3=CC=CC3)Cc3cccc[c]3[Zr]2)=C1. The second kappa shape index (κ2) is 4.56. The molecule has 2 aliphatic carbocycles. The van der Waals surface area contributed by atoms with Gasteiger partial charge in [-0.2, -0.15) is 0 Å². The standard InChI is InChI=1S/C18H16.Zr/c1-2-8-15(9-3-1)14-18(16-10-4-5-11-16)17-12-6-7-13-17;/h1-8,10,12H,11,13-14H2;. The molecule has 92 valence electrons. The second-order valence-corrected chi connectivity index (χ2v) is 9.55. The van der Waals surface area contributed by atoms with Crippen molar-refractivity contribution in [1.29, 1.82) is 0 Å². The van der Waals surface area contributed by atoms with Crippen LogP contribution in [-0.4, -0.2) is 0 Å². The molecule has 0 spiro atoms. The summed E-state index contributed by atoms with van der Waals surface area (Å²) in [5.74, 6) is 0. The summed E-state index contributed by atoms with van der Waals surface area (Å²) in [4.78, 5) is 0. The Morgan fingerprint density at radius 1 is 0.895 bits per heavy atom. The predicted molar refractivity (Wildman–Crippen MR) is 76.2 cm³/mol. The van der Waals surface area contributed by atoms with Crippen LogP contribution in [0.4, 0.5) is 0 Å². The molecule has 0 bridgehead atoms. The summed E-state index contributed by atoms with van der Waals surface area (Å²) in [6, 6.07) is 9.16. The Morgan fingerprint density at radius 2 is 1.58 bits per heavy atom. The monoisotopic (exact) mass is 322 g/mol. The molecule has 0 saturated heterocycles. The van der Waals surface area contributed by atoms with Gasteiger partial charge in [0, 0.05) is 0 Å². The van der Waals surface area contributed by atoms with Gasteiger partial charge in [0.1, 0.15) is 0 Å². The van der Waals surface area contributed by atoms with Gasteiger partial charge in [-0.1, -0.05) is 0 Å². The van der Waals surface area contributed by atoms with Gasteiger partial charge >= 0.3 is 126 Å². The van der Waals surface area contributed by atoms with Crippen molar-refractivity contribution in [3.63, 3.8) is 0 Å². The van der Waals surface area contributed by atoms with Gasteiger partial charge in [-0.15, -0.1) is 0 Å². The molecule has 0 saturated carbocycles. The van der Waals surface area contributed by atoms with E-state index in [0.29, 0.717) is 3.12 Å². The van der Waals surface area contributed by atoms with Gasteiger partial charge in [0.05, 0.1) is 0 Å². The van der Waals surface area contributed by atoms with Gasteiger partial charge in [0.15, 0.2) is 0 Å². The molecule has 0 unspecified atom stereocenters. The van der Waals surface area contributed by atoms with Crippen molar-refractivity contribution in [2.45, 2.75) is 22.4 Å². The third-order valence-electron chi connectivity index (χ3n) is 4.46. The maximum absolute atomic E-state index is 2.39. The summed E-state index contributed by atoms with van der Waals surface area (Å²) in [6.45, 7) is 0. The zero-order valence-corrected chi connectivity index (χ0v) is 13.4. The molecule has 1 heterocycles. The van der Waals surface area contributed by atoms with E-state index in [2.05, 4.69) is 60.7 Å². The van der Waals surface area contributed by atoms with E-state index < -0.39 is 23.2 Å². The van der Waals surface area contributed by atoms with Crippen LogP contribution in [0, 0.1) is 0 Å².